The first kappa shape index (κ1) is 16.8. The van der Waals surface area contributed by atoms with Gasteiger partial charge in [-0.1, -0.05) is 6.08 Å². The van der Waals surface area contributed by atoms with E-state index in [-0.39, 0.29) is 24.3 Å². The maximum atomic E-state index is 11.4. The van der Waals surface area contributed by atoms with Crippen molar-refractivity contribution in [3.63, 3.8) is 0 Å². The van der Waals surface area contributed by atoms with Crippen molar-refractivity contribution in [2.45, 2.75) is 39.0 Å². The molecule has 0 bridgehead atoms. The Hall–Kier alpha value is -1.16. The Kier molecular flexibility index (Phi) is 10.3. The van der Waals surface area contributed by atoms with E-state index in [4.69, 9.17) is 4.74 Å². The van der Waals surface area contributed by atoms with Gasteiger partial charge in [0.15, 0.2) is 0 Å². The minimum absolute atomic E-state index is 0.00456. The molecule has 0 rings (SSSR count). The molecule has 0 aromatic carbocycles. The van der Waals surface area contributed by atoms with Gasteiger partial charge < -0.3 is 9.47 Å². The summed E-state index contributed by atoms with van der Waals surface area (Å²) in [7, 11) is 1.46. The summed E-state index contributed by atoms with van der Waals surface area (Å²) in [6.45, 7) is 5.68. The van der Waals surface area contributed by atoms with Crippen LogP contribution in [-0.2, 0) is 19.1 Å². The zero-order chi connectivity index (χ0) is 13.8. The zero-order valence-corrected chi connectivity index (χ0v) is 11.4. The first-order valence-corrected chi connectivity index (χ1v) is 6.37. The van der Waals surface area contributed by atoms with Gasteiger partial charge in [-0.05, 0) is 39.0 Å². The Morgan fingerprint density at radius 1 is 1.28 bits per heavy atom. The van der Waals surface area contributed by atoms with Crippen LogP contribution in [-0.4, -0.2) is 32.1 Å². The highest BCUT2D eigenvalue weighted by molar-refractivity contribution is 5.78. The molecule has 1 unspecified atom stereocenters. The third-order valence-corrected chi connectivity index (χ3v) is 2.77. The molecule has 4 nitrogen and oxygen atoms in total. The molecule has 0 saturated carbocycles. The fourth-order valence-electron chi connectivity index (χ4n) is 1.71. The van der Waals surface area contributed by atoms with Crippen molar-refractivity contribution in [3.8, 4) is 0 Å². The zero-order valence-electron chi connectivity index (χ0n) is 11.4. The van der Waals surface area contributed by atoms with Gasteiger partial charge in [0.05, 0.1) is 6.61 Å². The maximum Gasteiger partial charge on any atom is 0.332 e. The van der Waals surface area contributed by atoms with E-state index in [0.29, 0.717) is 6.61 Å². The van der Waals surface area contributed by atoms with E-state index in [9.17, 15) is 9.59 Å². The second kappa shape index (κ2) is 11.0. The number of carbonyl (C=O) groups is 2. The maximum absolute atomic E-state index is 11.4. The molecule has 4 heteroatoms. The molecule has 0 aliphatic heterocycles. The highest BCUT2D eigenvalue weighted by Gasteiger charge is 2.12. The first-order valence-electron chi connectivity index (χ1n) is 6.37. The molecule has 104 valence electrons. The van der Waals surface area contributed by atoms with Crippen molar-refractivity contribution in [2.24, 2.45) is 5.92 Å². The lowest BCUT2D eigenvalue weighted by Crippen LogP contribution is -2.13. The van der Waals surface area contributed by atoms with Crippen LogP contribution in [0.4, 0.5) is 0 Å². The molecule has 0 aliphatic rings. The Bertz CT molecular complexity index is 261. The van der Waals surface area contributed by atoms with Crippen molar-refractivity contribution in [1.82, 2.24) is 0 Å². The van der Waals surface area contributed by atoms with Crippen LogP contribution >= 0.6 is 0 Å². The van der Waals surface area contributed by atoms with Gasteiger partial charge in [0, 0.05) is 13.0 Å². The number of ketones is 1. The first-order chi connectivity index (χ1) is 8.61. The molecule has 0 heterocycles. The van der Waals surface area contributed by atoms with Gasteiger partial charge in [-0.25, -0.2) is 4.79 Å². The van der Waals surface area contributed by atoms with Gasteiger partial charge >= 0.3 is 5.97 Å². The summed E-state index contributed by atoms with van der Waals surface area (Å²) in [6.07, 6.45) is 6.10. The Balaban J connectivity index is 3.63. The summed E-state index contributed by atoms with van der Waals surface area (Å²) in [5.74, 6) is -0.00169. The largest absolute Gasteiger partial charge is 0.464 e. The minimum atomic E-state index is -0.340. The van der Waals surface area contributed by atoms with Gasteiger partial charge in [-0.2, -0.15) is 0 Å². The highest BCUT2D eigenvalue weighted by Crippen LogP contribution is 2.16. The van der Waals surface area contributed by atoms with E-state index < -0.39 is 0 Å². The second-order valence-electron chi connectivity index (χ2n) is 4.32. The smallest absolute Gasteiger partial charge is 0.332 e. The highest BCUT2D eigenvalue weighted by atomic mass is 16.6. The second-order valence-corrected chi connectivity index (χ2v) is 4.32. The van der Waals surface area contributed by atoms with Crippen molar-refractivity contribution >= 4 is 11.8 Å². The lowest BCUT2D eigenvalue weighted by molar-refractivity contribution is -0.148. The van der Waals surface area contributed by atoms with Crippen LogP contribution in [0.15, 0.2) is 12.7 Å². The molecular formula is C14H24O4. The van der Waals surface area contributed by atoms with Gasteiger partial charge in [0.25, 0.3) is 0 Å². The van der Waals surface area contributed by atoms with E-state index in [2.05, 4.69) is 11.3 Å². The lowest BCUT2D eigenvalue weighted by Gasteiger charge is -2.12. The fraction of sp³-hybridized carbons (Fsp3) is 0.714. The van der Waals surface area contributed by atoms with Crippen LogP contribution in [0.25, 0.3) is 0 Å². The topological polar surface area (TPSA) is 52.6 Å². The van der Waals surface area contributed by atoms with E-state index in [1.165, 1.54) is 7.11 Å². The standard InChI is InChI=1S/C14H24O4/c1-4-5-8-13(12(2)15)9-6-7-10-18-14(16)11-17-3/h4,13H,1,5-11H2,2-3H3. The van der Waals surface area contributed by atoms with Crippen LogP contribution in [0.3, 0.4) is 0 Å². The number of unbranched alkanes of at least 4 members (excludes halogenated alkanes) is 1. The number of rotatable bonds is 11. The summed E-state index contributed by atoms with van der Waals surface area (Å²) in [5.41, 5.74) is 0. The fourth-order valence-corrected chi connectivity index (χ4v) is 1.71. The molecule has 0 aromatic rings. The quantitative estimate of drug-likeness (QED) is 0.324. The lowest BCUT2D eigenvalue weighted by atomic mass is 9.93. The van der Waals surface area contributed by atoms with E-state index in [1.807, 2.05) is 6.08 Å². The molecule has 0 spiro atoms. The molecule has 1 atom stereocenters. The third kappa shape index (κ3) is 8.93. The Morgan fingerprint density at radius 2 is 2.00 bits per heavy atom. The molecule has 0 aliphatic carbocycles. The number of Topliss-reactive ketones (excluding diaryl/α,β-unsaturated/α-hetero) is 1. The summed E-state index contributed by atoms with van der Waals surface area (Å²) in [4.78, 5) is 22.3. The van der Waals surface area contributed by atoms with Gasteiger partial charge in [-0.15, -0.1) is 6.58 Å². The van der Waals surface area contributed by atoms with Gasteiger partial charge in [0.2, 0.25) is 0 Å². The summed E-state index contributed by atoms with van der Waals surface area (Å²) in [6, 6.07) is 0. The van der Waals surface area contributed by atoms with E-state index in [0.717, 1.165) is 32.1 Å². The normalized spacial score (nSPS) is 11.9. The van der Waals surface area contributed by atoms with Crippen LogP contribution in [0.2, 0.25) is 0 Å². The van der Waals surface area contributed by atoms with Crippen molar-refractivity contribution in [2.75, 3.05) is 20.3 Å². The number of allylic oxidation sites excluding steroid dienone is 1. The third-order valence-electron chi connectivity index (χ3n) is 2.77. The number of hydrogen-bond donors (Lipinski definition) is 0. The number of carbonyl (C=O) groups excluding carboxylic acids is 2. The van der Waals surface area contributed by atoms with Crippen molar-refractivity contribution < 1.29 is 19.1 Å². The monoisotopic (exact) mass is 256 g/mol. The van der Waals surface area contributed by atoms with Crippen LogP contribution in [0, 0.1) is 5.92 Å². The number of methoxy groups -OCH3 is 1. The Morgan fingerprint density at radius 3 is 2.56 bits per heavy atom. The molecule has 0 fully saturated rings. The van der Waals surface area contributed by atoms with Gasteiger partial charge in [0.1, 0.15) is 12.4 Å². The predicted octanol–water partition coefficient (Wildman–Crippen LogP) is 2.52. The van der Waals surface area contributed by atoms with Crippen LogP contribution in [0.5, 0.6) is 0 Å². The molecular weight excluding hydrogens is 232 g/mol. The summed E-state index contributed by atoms with van der Waals surface area (Å²) < 4.78 is 9.59. The number of ether oxygens (including phenoxy) is 2. The Labute approximate surface area is 109 Å². The molecule has 0 radical (unpaired) electrons. The minimum Gasteiger partial charge on any atom is -0.464 e. The molecule has 0 N–H and O–H groups in total. The average Bonchev–Trinajstić information content (AvgIpc) is 2.32. The van der Waals surface area contributed by atoms with Crippen LogP contribution < -0.4 is 0 Å². The van der Waals surface area contributed by atoms with Gasteiger partial charge in [-0.3, -0.25) is 4.79 Å². The van der Waals surface area contributed by atoms with E-state index in [1.54, 1.807) is 6.92 Å². The van der Waals surface area contributed by atoms with Crippen molar-refractivity contribution in [1.29, 1.82) is 0 Å². The number of hydrogen-bond acceptors (Lipinski definition) is 4. The van der Waals surface area contributed by atoms with Crippen LogP contribution in [0.1, 0.15) is 39.0 Å². The predicted molar refractivity (Wildman–Crippen MR) is 70.3 cm³/mol. The SMILES string of the molecule is C=CCCC(CCCCOC(=O)COC)C(C)=O. The summed E-state index contributed by atoms with van der Waals surface area (Å²) in [5, 5.41) is 0. The summed E-state index contributed by atoms with van der Waals surface area (Å²) >= 11 is 0. The molecule has 18 heavy (non-hydrogen) atoms. The number of esters is 1. The van der Waals surface area contributed by atoms with Crippen molar-refractivity contribution in [3.05, 3.63) is 12.7 Å². The van der Waals surface area contributed by atoms with E-state index >= 15 is 0 Å². The average molecular weight is 256 g/mol. The molecule has 0 saturated heterocycles. The molecule has 0 amide bonds. The molecule has 0 aromatic heterocycles.